The van der Waals surface area contributed by atoms with Gasteiger partial charge in [0.1, 0.15) is 0 Å². The lowest BCUT2D eigenvalue weighted by atomic mass is 9.78. The molecule has 1 aliphatic heterocycles. The van der Waals surface area contributed by atoms with E-state index in [-0.39, 0.29) is 6.04 Å². The van der Waals surface area contributed by atoms with Gasteiger partial charge in [-0.1, -0.05) is 47.5 Å². The fourth-order valence-electron chi connectivity index (χ4n) is 3.46. The first kappa shape index (κ1) is 13.2. The maximum Gasteiger partial charge on any atom is 0.0826 e. The highest BCUT2D eigenvalue weighted by Crippen LogP contribution is 2.52. The van der Waals surface area contributed by atoms with Gasteiger partial charge in [-0.3, -0.25) is 4.98 Å². The number of allylic oxidation sites excluding steroid dienone is 2. The highest BCUT2D eigenvalue weighted by atomic mass is 35.5. The van der Waals surface area contributed by atoms with Crippen molar-refractivity contribution in [1.29, 1.82) is 0 Å². The second-order valence-electron chi connectivity index (χ2n) is 5.56. The summed E-state index contributed by atoms with van der Waals surface area (Å²) < 4.78 is 0. The molecule has 2 heterocycles. The van der Waals surface area contributed by atoms with E-state index in [9.17, 15) is 0 Å². The van der Waals surface area contributed by atoms with Gasteiger partial charge in [-0.2, -0.15) is 0 Å². The molecule has 2 nitrogen and oxygen atoms in total. The van der Waals surface area contributed by atoms with Crippen molar-refractivity contribution in [2.24, 2.45) is 5.92 Å². The minimum Gasteiger partial charge on any atom is -0.375 e. The summed E-state index contributed by atoms with van der Waals surface area (Å²) in [5.41, 5.74) is 3.24. The molecule has 1 aromatic carbocycles. The number of hydrogen-bond donors (Lipinski definition) is 1. The van der Waals surface area contributed by atoms with Gasteiger partial charge >= 0.3 is 0 Å². The average Bonchev–Trinajstić information content (AvgIpc) is 3.00. The molecule has 0 saturated heterocycles. The van der Waals surface area contributed by atoms with Gasteiger partial charge in [0.05, 0.1) is 27.5 Å². The minimum atomic E-state index is 0.162. The number of benzene rings is 1. The number of pyridine rings is 1. The summed E-state index contributed by atoms with van der Waals surface area (Å²) in [4.78, 5) is 4.52. The Bertz CT molecular complexity index is 712. The number of anilines is 1. The first-order valence-corrected chi connectivity index (χ1v) is 7.83. The van der Waals surface area contributed by atoms with Crippen LogP contribution in [0, 0.1) is 5.92 Å². The van der Waals surface area contributed by atoms with E-state index in [4.69, 9.17) is 23.2 Å². The molecule has 0 unspecified atom stereocenters. The fourth-order valence-corrected chi connectivity index (χ4v) is 3.84. The molecule has 0 saturated carbocycles. The van der Waals surface area contributed by atoms with Crippen molar-refractivity contribution >= 4 is 28.9 Å². The number of aromatic nitrogens is 1. The van der Waals surface area contributed by atoms with Crippen molar-refractivity contribution in [2.75, 3.05) is 5.32 Å². The summed E-state index contributed by atoms with van der Waals surface area (Å²) in [6, 6.07) is 10.2. The van der Waals surface area contributed by atoms with Gasteiger partial charge in [-0.25, -0.2) is 0 Å². The van der Waals surface area contributed by atoms with Crippen LogP contribution in [0.3, 0.4) is 0 Å². The Kier molecular flexibility index (Phi) is 3.16. The molecule has 1 N–H and O–H groups in total. The Hall–Kier alpha value is -1.51. The van der Waals surface area contributed by atoms with Crippen LogP contribution in [-0.2, 0) is 0 Å². The molecule has 106 valence electrons. The summed E-state index contributed by atoms with van der Waals surface area (Å²) in [7, 11) is 0. The molecule has 2 aromatic rings. The van der Waals surface area contributed by atoms with Gasteiger partial charge in [-0.15, -0.1) is 0 Å². The number of nitrogens with one attached hydrogen (secondary N) is 1. The van der Waals surface area contributed by atoms with Crippen molar-refractivity contribution in [1.82, 2.24) is 4.98 Å². The van der Waals surface area contributed by atoms with E-state index in [2.05, 4.69) is 34.6 Å². The predicted molar refractivity (Wildman–Crippen MR) is 87.1 cm³/mol. The largest absolute Gasteiger partial charge is 0.375 e. The van der Waals surface area contributed by atoms with Crippen LogP contribution in [-0.4, -0.2) is 4.98 Å². The average molecular weight is 317 g/mol. The van der Waals surface area contributed by atoms with Crippen LogP contribution in [0.2, 0.25) is 10.0 Å². The highest BCUT2D eigenvalue weighted by Gasteiger charge is 2.39. The lowest BCUT2D eigenvalue weighted by Crippen LogP contribution is -2.29. The Morgan fingerprint density at radius 3 is 2.86 bits per heavy atom. The number of fused-ring (bicyclic) bond motifs is 3. The van der Waals surface area contributed by atoms with Gasteiger partial charge < -0.3 is 5.32 Å². The molecule has 0 radical (unpaired) electrons. The molecular weight excluding hydrogens is 303 g/mol. The maximum atomic E-state index is 6.42. The van der Waals surface area contributed by atoms with Gasteiger partial charge in [0.2, 0.25) is 0 Å². The Balaban J connectivity index is 1.85. The highest BCUT2D eigenvalue weighted by molar-refractivity contribution is 6.43. The van der Waals surface area contributed by atoms with Crippen LogP contribution in [0.5, 0.6) is 0 Å². The van der Waals surface area contributed by atoms with Gasteiger partial charge in [-0.05, 0) is 36.1 Å². The SMILES string of the molecule is Clc1ccc2c(c1Cl)N[C@@H](c1ccccn1)[C@H]1CC=C[C@H]21. The molecule has 2 aliphatic rings. The zero-order valence-corrected chi connectivity index (χ0v) is 12.8. The number of hydrogen-bond acceptors (Lipinski definition) is 2. The second-order valence-corrected chi connectivity index (χ2v) is 6.34. The zero-order valence-electron chi connectivity index (χ0n) is 11.3. The normalized spacial score (nSPS) is 26.1. The van der Waals surface area contributed by atoms with E-state index in [0.29, 0.717) is 21.9 Å². The van der Waals surface area contributed by atoms with Crippen molar-refractivity contribution in [2.45, 2.75) is 18.4 Å². The third-order valence-electron chi connectivity index (χ3n) is 4.43. The lowest BCUT2D eigenvalue weighted by molar-refractivity contribution is 0.419. The Morgan fingerprint density at radius 2 is 2.05 bits per heavy atom. The maximum absolute atomic E-state index is 6.42. The van der Waals surface area contributed by atoms with Crippen LogP contribution in [0.15, 0.2) is 48.7 Å². The van der Waals surface area contributed by atoms with E-state index in [1.807, 2.05) is 24.4 Å². The third-order valence-corrected chi connectivity index (χ3v) is 5.24. The van der Waals surface area contributed by atoms with Gasteiger partial charge in [0.25, 0.3) is 0 Å². The molecule has 4 heteroatoms. The molecule has 0 spiro atoms. The summed E-state index contributed by atoms with van der Waals surface area (Å²) in [5.74, 6) is 0.854. The monoisotopic (exact) mass is 316 g/mol. The second kappa shape index (κ2) is 5.04. The van der Waals surface area contributed by atoms with E-state index in [0.717, 1.165) is 17.8 Å². The smallest absolute Gasteiger partial charge is 0.0826 e. The zero-order chi connectivity index (χ0) is 14.4. The summed E-state index contributed by atoms with van der Waals surface area (Å²) in [5, 5.41) is 4.77. The molecule has 0 fully saturated rings. The van der Waals surface area contributed by atoms with Crippen molar-refractivity contribution in [3.8, 4) is 0 Å². The topological polar surface area (TPSA) is 24.9 Å². The summed E-state index contributed by atoms with van der Waals surface area (Å²) in [6.45, 7) is 0. The summed E-state index contributed by atoms with van der Waals surface area (Å²) in [6.07, 6.45) is 7.43. The predicted octanol–water partition coefficient (Wildman–Crippen LogP) is 5.21. The molecule has 1 aliphatic carbocycles. The molecule has 0 amide bonds. The summed E-state index contributed by atoms with van der Waals surface area (Å²) >= 11 is 12.6. The molecule has 1 aromatic heterocycles. The lowest BCUT2D eigenvalue weighted by Gasteiger charge is -2.37. The van der Waals surface area contributed by atoms with E-state index < -0.39 is 0 Å². The minimum absolute atomic E-state index is 0.162. The Labute approximate surface area is 133 Å². The van der Waals surface area contributed by atoms with Crippen LogP contribution >= 0.6 is 23.2 Å². The van der Waals surface area contributed by atoms with E-state index in [1.54, 1.807) is 0 Å². The van der Waals surface area contributed by atoms with Crippen molar-refractivity contribution in [3.63, 3.8) is 0 Å². The molecule has 21 heavy (non-hydrogen) atoms. The van der Waals surface area contributed by atoms with Crippen LogP contribution in [0.1, 0.15) is 29.6 Å². The Morgan fingerprint density at radius 1 is 1.14 bits per heavy atom. The van der Waals surface area contributed by atoms with Crippen LogP contribution < -0.4 is 5.32 Å². The third kappa shape index (κ3) is 2.05. The molecule has 3 atom stereocenters. The number of nitrogens with zero attached hydrogens (tertiary/aromatic N) is 1. The van der Waals surface area contributed by atoms with E-state index >= 15 is 0 Å². The molecular formula is C17H14Cl2N2. The van der Waals surface area contributed by atoms with E-state index in [1.165, 1.54) is 5.56 Å². The molecule has 0 bridgehead atoms. The van der Waals surface area contributed by atoms with Crippen LogP contribution in [0.25, 0.3) is 0 Å². The number of rotatable bonds is 1. The van der Waals surface area contributed by atoms with Crippen molar-refractivity contribution < 1.29 is 0 Å². The first-order chi connectivity index (χ1) is 10.3. The van der Waals surface area contributed by atoms with Gasteiger partial charge in [0, 0.05) is 12.1 Å². The standard InChI is InChI=1S/C17H14Cl2N2/c18-13-8-7-12-10-4-3-5-11(10)16(21-17(12)15(13)19)14-6-1-2-9-20-14/h1-4,6-11,16,21H,5H2/t10-,11-,16+/m0/s1. The van der Waals surface area contributed by atoms with Crippen molar-refractivity contribution in [3.05, 3.63) is 70.0 Å². The fraction of sp³-hybridized carbons (Fsp3) is 0.235. The number of halogens is 2. The first-order valence-electron chi connectivity index (χ1n) is 7.07. The quantitative estimate of drug-likeness (QED) is 0.730. The van der Waals surface area contributed by atoms with Crippen LogP contribution in [0.4, 0.5) is 5.69 Å². The van der Waals surface area contributed by atoms with Gasteiger partial charge in [0.15, 0.2) is 0 Å². The molecule has 4 rings (SSSR count).